The van der Waals surface area contributed by atoms with E-state index in [0.29, 0.717) is 23.7 Å². The summed E-state index contributed by atoms with van der Waals surface area (Å²) in [5, 5.41) is 0. The highest BCUT2D eigenvalue weighted by Gasteiger charge is 2.25. The third kappa shape index (κ3) is 2.84. The number of nitrogen functional groups attached to an aromatic ring is 1. The molecule has 0 unspecified atom stereocenters. The lowest BCUT2D eigenvalue weighted by atomic mass is 10.1. The molecule has 0 aliphatic carbocycles. The molecule has 0 spiro atoms. The Bertz CT molecular complexity index is 524. The Hall–Kier alpha value is -1.07. The fourth-order valence-electron chi connectivity index (χ4n) is 1.96. The minimum absolute atomic E-state index is 0.329. The summed E-state index contributed by atoms with van der Waals surface area (Å²) in [4.78, 5) is 0.329. The molecule has 0 saturated heterocycles. The zero-order valence-electron chi connectivity index (χ0n) is 11.5. The van der Waals surface area contributed by atoms with Gasteiger partial charge in [-0.3, -0.25) is 0 Å². The normalized spacial score (nSPS) is 12.1. The van der Waals surface area contributed by atoms with Gasteiger partial charge in [-0.1, -0.05) is 13.8 Å². The van der Waals surface area contributed by atoms with Gasteiger partial charge in [0.05, 0.1) is 4.90 Å². The lowest BCUT2D eigenvalue weighted by Crippen LogP contribution is -2.32. The third-order valence-corrected chi connectivity index (χ3v) is 5.19. The standard InChI is InChI=1S/C13H22N2O2S/c1-5-7-15(6-2)18(16,17)13-9-12(14)8-10(3)11(13)4/h8-9H,5-7,14H2,1-4H3. The Morgan fingerprint density at radius 1 is 1.22 bits per heavy atom. The first-order chi connectivity index (χ1) is 8.34. The minimum atomic E-state index is -3.44. The molecule has 2 N–H and O–H groups in total. The molecule has 0 atom stereocenters. The largest absolute Gasteiger partial charge is 0.399 e. The maximum Gasteiger partial charge on any atom is 0.243 e. The van der Waals surface area contributed by atoms with Gasteiger partial charge < -0.3 is 5.73 Å². The van der Waals surface area contributed by atoms with Crippen LogP contribution in [0.2, 0.25) is 0 Å². The zero-order chi connectivity index (χ0) is 13.9. The summed E-state index contributed by atoms with van der Waals surface area (Å²) in [6, 6.07) is 3.35. The first-order valence-corrected chi connectivity index (χ1v) is 7.65. The first-order valence-electron chi connectivity index (χ1n) is 6.21. The van der Waals surface area contributed by atoms with Crippen molar-refractivity contribution >= 4 is 15.7 Å². The van der Waals surface area contributed by atoms with E-state index in [0.717, 1.165) is 17.5 Å². The highest BCUT2D eigenvalue weighted by molar-refractivity contribution is 7.89. The summed E-state index contributed by atoms with van der Waals surface area (Å²) in [5.41, 5.74) is 7.93. The van der Waals surface area contributed by atoms with Crippen molar-refractivity contribution in [3.05, 3.63) is 23.3 Å². The first kappa shape index (κ1) is 15.0. The van der Waals surface area contributed by atoms with Crippen LogP contribution in [0.25, 0.3) is 0 Å². The van der Waals surface area contributed by atoms with E-state index in [1.54, 1.807) is 12.1 Å². The van der Waals surface area contributed by atoms with Crippen molar-refractivity contribution in [3.63, 3.8) is 0 Å². The molecule has 18 heavy (non-hydrogen) atoms. The van der Waals surface area contributed by atoms with Gasteiger partial charge >= 0.3 is 0 Å². The quantitative estimate of drug-likeness (QED) is 0.835. The summed E-state index contributed by atoms with van der Waals surface area (Å²) >= 11 is 0. The van der Waals surface area contributed by atoms with E-state index in [1.165, 1.54) is 4.31 Å². The molecule has 4 nitrogen and oxygen atoms in total. The van der Waals surface area contributed by atoms with Gasteiger partial charge in [0.15, 0.2) is 0 Å². The van der Waals surface area contributed by atoms with Crippen LogP contribution in [0.5, 0.6) is 0 Å². The molecule has 0 amide bonds. The van der Waals surface area contributed by atoms with Crippen LogP contribution in [0.3, 0.4) is 0 Å². The maximum absolute atomic E-state index is 12.5. The number of nitrogens with two attached hydrogens (primary N) is 1. The van der Waals surface area contributed by atoms with Crippen LogP contribution in [-0.4, -0.2) is 25.8 Å². The van der Waals surface area contributed by atoms with Crippen LogP contribution < -0.4 is 5.73 Å². The molecule has 0 aliphatic rings. The number of anilines is 1. The van der Waals surface area contributed by atoms with E-state index >= 15 is 0 Å². The van der Waals surface area contributed by atoms with E-state index in [1.807, 2.05) is 27.7 Å². The molecule has 0 aliphatic heterocycles. The second kappa shape index (κ2) is 5.71. The number of rotatable bonds is 5. The highest BCUT2D eigenvalue weighted by Crippen LogP contribution is 2.25. The monoisotopic (exact) mass is 270 g/mol. The summed E-state index contributed by atoms with van der Waals surface area (Å²) < 4.78 is 26.6. The van der Waals surface area contributed by atoms with Crippen LogP contribution in [-0.2, 0) is 10.0 Å². The van der Waals surface area contributed by atoms with Crippen molar-refractivity contribution < 1.29 is 8.42 Å². The minimum Gasteiger partial charge on any atom is -0.399 e. The van der Waals surface area contributed by atoms with Gasteiger partial charge in [0.1, 0.15) is 0 Å². The Balaban J connectivity index is 3.36. The molecule has 0 bridgehead atoms. The van der Waals surface area contributed by atoms with Gasteiger partial charge in [0.25, 0.3) is 0 Å². The second-order valence-electron chi connectivity index (χ2n) is 4.46. The number of hydrogen-bond donors (Lipinski definition) is 1. The summed E-state index contributed by atoms with van der Waals surface area (Å²) in [5.74, 6) is 0. The smallest absolute Gasteiger partial charge is 0.243 e. The Morgan fingerprint density at radius 3 is 2.33 bits per heavy atom. The molecule has 0 aromatic heterocycles. The summed E-state index contributed by atoms with van der Waals surface area (Å²) in [6.45, 7) is 8.52. The van der Waals surface area contributed by atoms with Gasteiger partial charge in [-0.05, 0) is 43.5 Å². The number of aryl methyl sites for hydroxylation is 1. The number of nitrogens with zero attached hydrogens (tertiary/aromatic N) is 1. The van der Waals surface area contributed by atoms with Gasteiger partial charge in [0, 0.05) is 18.8 Å². The van der Waals surface area contributed by atoms with Crippen molar-refractivity contribution in [2.45, 2.75) is 39.0 Å². The molecule has 5 heteroatoms. The Morgan fingerprint density at radius 2 is 1.83 bits per heavy atom. The fourth-order valence-corrected chi connectivity index (χ4v) is 3.83. The lowest BCUT2D eigenvalue weighted by molar-refractivity contribution is 0.427. The van der Waals surface area contributed by atoms with E-state index in [9.17, 15) is 8.42 Å². The maximum atomic E-state index is 12.5. The van der Waals surface area contributed by atoms with Crippen molar-refractivity contribution in [1.29, 1.82) is 0 Å². The topological polar surface area (TPSA) is 63.4 Å². The Labute approximate surface area is 110 Å². The van der Waals surface area contributed by atoms with Crippen molar-refractivity contribution in [2.75, 3.05) is 18.8 Å². The molecule has 0 saturated carbocycles. The van der Waals surface area contributed by atoms with Crippen LogP contribution in [0.15, 0.2) is 17.0 Å². The van der Waals surface area contributed by atoms with E-state index < -0.39 is 10.0 Å². The summed E-state index contributed by atoms with van der Waals surface area (Å²) in [7, 11) is -3.44. The van der Waals surface area contributed by atoms with E-state index in [4.69, 9.17) is 5.73 Å². The van der Waals surface area contributed by atoms with Gasteiger partial charge in [0.2, 0.25) is 10.0 Å². The predicted octanol–water partition coefficient (Wildman–Crippen LogP) is 2.31. The molecular weight excluding hydrogens is 248 g/mol. The number of sulfonamides is 1. The fraction of sp³-hybridized carbons (Fsp3) is 0.538. The molecule has 0 radical (unpaired) electrons. The van der Waals surface area contributed by atoms with Crippen LogP contribution in [0.4, 0.5) is 5.69 Å². The molecule has 102 valence electrons. The molecule has 1 aromatic rings. The average Bonchev–Trinajstić information content (AvgIpc) is 2.30. The molecule has 1 aromatic carbocycles. The molecule has 1 rings (SSSR count). The zero-order valence-corrected chi connectivity index (χ0v) is 12.3. The number of hydrogen-bond acceptors (Lipinski definition) is 3. The highest BCUT2D eigenvalue weighted by atomic mass is 32.2. The predicted molar refractivity (Wildman–Crippen MR) is 75.1 cm³/mol. The second-order valence-corrected chi connectivity index (χ2v) is 6.36. The average molecular weight is 270 g/mol. The van der Waals surface area contributed by atoms with Crippen LogP contribution in [0, 0.1) is 13.8 Å². The van der Waals surface area contributed by atoms with Crippen molar-refractivity contribution in [2.24, 2.45) is 0 Å². The SMILES string of the molecule is CCCN(CC)S(=O)(=O)c1cc(N)cc(C)c1C. The third-order valence-electron chi connectivity index (χ3n) is 3.09. The van der Waals surface area contributed by atoms with Crippen molar-refractivity contribution in [1.82, 2.24) is 4.31 Å². The van der Waals surface area contributed by atoms with E-state index in [-0.39, 0.29) is 0 Å². The van der Waals surface area contributed by atoms with Crippen LogP contribution >= 0.6 is 0 Å². The van der Waals surface area contributed by atoms with Gasteiger partial charge in [-0.15, -0.1) is 0 Å². The summed E-state index contributed by atoms with van der Waals surface area (Å²) in [6.07, 6.45) is 0.799. The van der Waals surface area contributed by atoms with Gasteiger partial charge in [-0.25, -0.2) is 8.42 Å². The molecule has 0 heterocycles. The van der Waals surface area contributed by atoms with E-state index in [2.05, 4.69) is 0 Å². The number of benzene rings is 1. The molecule has 0 fully saturated rings. The molecular formula is C13H22N2O2S. The van der Waals surface area contributed by atoms with Gasteiger partial charge in [-0.2, -0.15) is 4.31 Å². The lowest BCUT2D eigenvalue weighted by Gasteiger charge is -2.21. The van der Waals surface area contributed by atoms with Crippen LogP contribution in [0.1, 0.15) is 31.4 Å². The van der Waals surface area contributed by atoms with Crippen molar-refractivity contribution in [3.8, 4) is 0 Å². The Kier molecular flexibility index (Phi) is 4.76.